The van der Waals surface area contributed by atoms with E-state index in [4.69, 9.17) is 4.74 Å². The standard InChI is InChI=1S/C15H25N3O4/c19-14(17-3-5-22-6-4-17)12-7-13(16-8-11-1-2-11)10-18(9-12)15(20)21/h11-13,16H,1-10H2,(H,20,21)/t12-,13+/m1/s1. The fraction of sp³-hybridized carbons (Fsp3) is 0.867. The number of rotatable bonds is 4. The van der Waals surface area contributed by atoms with E-state index in [0.717, 1.165) is 18.9 Å². The third kappa shape index (κ3) is 3.89. The average Bonchev–Trinajstić information content (AvgIpc) is 3.37. The molecule has 0 bridgehead atoms. The normalized spacial score (nSPS) is 29.5. The smallest absolute Gasteiger partial charge is 0.407 e. The number of carbonyl (C=O) groups excluding carboxylic acids is 1. The zero-order valence-electron chi connectivity index (χ0n) is 12.9. The molecule has 2 aliphatic heterocycles. The maximum absolute atomic E-state index is 12.6. The fourth-order valence-electron chi connectivity index (χ4n) is 3.28. The Bertz CT molecular complexity index is 421. The van der Waals surface area contributed by atoms with E-state index in [2.05, 4.69) is 5.32 Å². The van der Waals surface area contributed by atoms with Crippen LogP contribution in [0.1, 0.15) is 19.3 Å². The number of hydrogen-bond acceptors (Lipinski definition) is 4. The molecule has 3 aliphatic rings. The Balaban J connectivity index is 1.59. The summed E-state index contributed by atoms with van der Waals surface area (Å²) in [6, 6.07) is 0.0837. The van der Waals surface area contributed by atoms with Crippen LogP contribution in [-0.2, 0) is 9.53 Å². The van der Waals surface area contributed by atoms with Gasteiger partial charge in [0.1, 0.15) is 0 Å². The number of amides is 2. The predicted octanol–water partition coefficient (Wildman–Crippen LogP) is 0.213. The summed E-state index contributed by atoms with van der Waals surface area (Å²) in [4.78, 5) is 27.2. The van der Waals surface area contributed by atoms with Crippen LogP contribution in [0.15, 0.2) is 0 Å². The quantitative estimate of drug-likeness (QED) is 0.776. The molecule has 2 atom stereocenters. The summed E-state index contributed by atoms with van der Waals surface area (Å²) in [6.45, 7) is 4.11. The van der Waals surface area contributed by atoms with Gasteiger partial charge in [-0.3, -0.25) is 4.79 Å². The molecule has 124 valence electrons. The molecule has 0 radical (unpaired) electrons. The molecule has 2 N–H and O–H groups in total. The largest absolute Gasteiger partial charge is 0.465 e. The van der Waals surface area contributed by atoms with Crippen molar-refractivity contribution in [1.29, 1.82) is 0 Å². The van der Waals surface area contributed by atoms with Gasteiger partial charge in [-0.2, -0.15) is 0 Å². The van der Waals surface area contributed by atoms with Gasteiger partial charge >= 0.3 is 6.09 Å². The van der Waals surface area contributed by atoms with E-state index < -0.39 is 6.09 Å². The van der Waals surface area contributed by atoms with Gasteiger partial charge in [0, 0.05) is 32.2 Å². The lowest BCUT2D eigenvalue weighted by Gasteiger charge is -2.39. The lowest BCUT2D eigenvalue weighted by atomic mass is 9.92. The molecule has 2 heterocycles. The summed E-state index contributed by atoms with van der Waals surface area (Å²) >= 11 is 0. The van der Waals surface area contributed by atoms with Crippen molar-refractivity contribution in [3.8, 4) is 0 Å². The number of ether oxygens (including phenoxy) is 1. The van der Waals surface area contributed by atoms with Crippen molar-refractivity contribution < 1.29 is 19.4 Å². The number of morpholine rings is 1. The van der Waals surface area contributed by atoms with Gasteiger partial charge in [0.2, 0.25) is 5.91 Å². The van der Waals surface area contributed by atoms with Gasteiger partial charge in [0.25, 0.3) is 0 Å². The molecule has 0 spiro atoms. The Morgan fingerprint density at radius 2 is 1.86 bits per heavy atom. The van der Waals surface area contributed by atoms with E-state index in [0.29, 0.717) is 39.4 Å². The SMILES string of the molecule is O=C(O)N1C[C@@H](NCC2CC2)C[C@@H](C(=O)N2CCOCC2)C1. The molecule has 0 unspecified atom stereocenters. The monoisotopic (exact) mass is 311 g/mol. The third-order valence-corrected chi connectivity index (χ3v) is 4.79. The van der Waals surface area contributed by atoms with Gasteiger partial charge in [0.15, 0.2) is 0 Å². The van der Waals surface area contributed by atoms with E-state index in [9.17, 15) is 14.7 Å². The van der Waals surface area contributed by atoms with Crippen LogP contribution in [0.2, 0.25) is 0 Å². The van der Waals surface area contributed by atoms with E-state index in [1.54, 1.807) is 0 Å². The number of nitrogens with one attached hydrogen (secondary N) is 1. The maximum Gasteiger partial charge on any atom is 0.407 e. The van der Waals surface area contributed by atoms with Crippen molar-refractivity contribution in [2.24, 2.45) is 11.8 Å². The first kappa shape index (κ1) is 15.6. The van der Waals surface area contributed by atoms with Crippen molar-refractivity contribution >= 4 is 12.0 Å². The zero-order chi connectivity index (χ0) is 15.5. The average molecular weight is 311 g/mol. The van der Waals surface area contributed by atoms with Gasteiger partial charge in [-0.05, 0) is 31.7 Å². The first-order chi connectivity index (χ1) is 10.6. The molecule has 0 aromatic heterocycles. The van der Waals surface area contributed by atoms with Crippen LogP contribution < -0.4 is 5.32 Å². The van der Waals surface area contributed by atoms with Crippen LogP contribution in [0.5, 0.6) is 0 Å². The van der Waals surface area contributed by atoms with Crippen molar-refractivity contribution in [1.82, 2.24) is 15.1 Å². The predicted molar refractivity (Wildman–Crippen MR) is 79.6 cm³/mol. The van der Waals surface area contributed by atoms with Crippen molar-refractivity contribution in [2.45, 2.75) is 25.3 Å². The maximum atomic E-state index is 12.6. The number of nitrogens with zero attached hydrogens (tertiary/aromatic N) is 2. The Kier molecular flexibility index (Phi) is 4.83. The number of likely N-dealkylation sites (tertiary alicyclic amines) is 1. The Morgan fingerprint density at radius 3 is 2.50 bits per heavy atom. The zero-order valence-corrected chi connectivity index (χ0v) is 12.9. The molecule has 1 saturated carbocycles. The molecular weight excluding hydrogens is 286 g/mol. The molecular formula is C15H25N3O4. The lowest BCUT2D eigenvalue weighted by Crippen LogP contribution is -2.55. The first-order valence-electron chi connectivity index (χ1n) is 8.21. The Hall–Kier alpha value is -1.34. The fourth-order valence-corrected chi connectivity index (χ4v) is 3.28. The van der Waals surface area contributed by atoms with Crippen LogP contribution in [0.3, 0.4) is 0 Å². The molecule has 22 heavy (non-hydrogen) atoms. The van der Waals surface area contributed by atoms with E-state index in [-0.39, 0.29) is 17.9 Å². The van der Waals surface area contributed by atoms with Crippen LogP contribution in [0.25, 0.3) is 0 Å². The molecule has 7 heteroatoms. The topological polar surface area (TPSA) is 82.1 Å². The number of hydrogen-bond donors (Lipinski definition) is 2. The molecule has 1 aliphatic carbocycles. The molecule has 0 aromatic rings. The highest BCUT2D eigenvalue weighted by Crippen LogP contribution is 2.28. The minimum Gasteiger partial charge on any atom is -0.465 e. The Morgan fingerprint density at radius 1 is 1.14 bits per heavy atom. The van der Waals surface area contributed by atoms with Crippen LogP contribution in [0, 0.1) is 11.8 Å². The molecule has 3 fully saturated rings. The number of carboxylic acid groups (broad SMARTS) is 1. The summed E-state index contributed by atoms with van der Waals surface area (Å²) in [6.07, 6.45) is 2.32. The molecule has 2 amide bonds. The minimum atomic E-state index is -0.933. The van der Waals surface area contributed by atoms with Gasteiger partial charge in [-0.25, -0.2) is 4.79 Å². The van der Waals surface area contributed by atoms with Crippen molar-refractivity contribution in [3.05, 3.63) is 0 Å². The molecule has 0 aromatic carbocycles. The van der Waals surface area contributed by atoms with Gasteiger partial charge in [-0.15, -0.1) is 0 Å². The van der Waals surface area contributed by atoms with Crippen molar-refractivity contribution in [3.63, 3.8) is 0 Å². The molecule has 3 rings (SSSR count). The highest BCUT2D eigenvalue weighted by Gasteiger charge is 2.36. The lowest BCUT2D eigenvalue weighted by molar-refractivity contribution is -0.141. The second kappa shape index (κ2) is 6.83. The highest BCUT2D eigenvalue weighted by molar-refractivity contribution is 5.80. The summed E-state index contributed by atoms with van der Waals surface area (Å²) in [7, 11) is 0. The number of piperidine rings is 1. The summed E-state index contributed by atoms with van der Waals surface area (Å²) < 4.78 is 5.28. The molecule has 7 nitrogen and oxygen atoms in total. The van der Waals surface area contributed by atoms with Crippen molar-refractivity contribution in [2.75, 3.05) is 45.9 Å². The third-order valence-electron chi connectivity index (χ3n) is 4.79. The Labute approximate surface area is 130 Å². The second-order valence-electron chi connectivity index (χ2n) is 6.61. The van der Waals surface area contributed by atoms with Crippen LogP contribution in [-0.4, -0.2) is 78.9 Å². The van der Waals surface area contributed by atoms with Gasteiger partial charge in [-0.1, -0.05) is 0 Å². The minimum absolute atomic E-state index is 0.0764. The second-order valence-corrected chi connectivity index (χ2v) is 6.61. The van der Waals surface area contributed by atoms with E-state index >= 15 is 0 Å². The summed E-state index contributed by atoms with van der Waals surface area (Å²) in [5.41, 5.74) is 0. The summed E-state index contributed by atoms with van der Waals surface area (Å²) in [5, 5.41) is 12.8. The first-order valence-corrected chi connectivity index (χ1v) is 8.21. The van der Waals surface area contributed by atoms with Crippen LogP contribution >= 0.6 is 0 Å². The van der Waals surface area contributed by atoms with Gasteiger partial charge in [0.05, 0.1) is 19.1 Å². The molecule has 2 saturated heterocycles. The summed E-state index contributed by atoms with van der Waals surface area (Å²) in [5.74, 6) is 0.584. The van der Waals surface area contributed by atoms with E-state index in [1.807, 2.05) is 4.90 Å². The highest BCUT2D eigenvalue weighted by atomic mass is 16.5. The number of carbonyl (C=O) groups is 2. The van der Waals surface area contributed by atoms with Crippen LogP contribution in [0.4, 0.5) is 4.79 Å². The van der Waals surface area contributed by atoms with Gasteiger partial charge < -0.3 is 25.0 Å². The van der Waals surface area contributed by atoms with E-state index in [1.165, 1.54) is 17.7 Å².